The molecule has 1 N–H and O–H groups in total. The number of hydrogen-bond donors (Lipinski definition) is 1. The SMILES string of the molecule is CCC(C)c1ccccc1NC(=O)C1CC(=O)N(c2ccc(C)c(C)c2)C1. The molecular weight excluding hydrogens is 336 g/mol. The molecule has 4 nitrogen and oxygen atoms in total. The lowest BCUT2D eigenvalue weighted by Gasteiger charge is -2.19. The average molecular weight is 364 g/mol. The lowest BCUT2D eigenvalue weighted by atomic mass is 9.96. The third-order valence-corrected chi connectivity index (χ3v) is 5.66. The van der Waals surface area contributed by atoms with Crippen LogP contribution in [0.3, 0.4) is 0 Å². The molecule has 1 aliphatic rings. The Morgan fingerprint density at radius 3 is 2.63 bits per heavy atom. The molecule has 4 heteroatoms. The first kappa shape index (κ1) is 19.2. The van der Waals surface area contributed by atoms with E-state index in [1.165, 1.54) is 5.56 Å². The molecule has 0 bridgehead atoms. The van der Waals surface area contributed by atoms with Crippen molar-refractivity contribution in [1.29, 1.82) is 0 Å². The smallest absolute Gasteiger partial charge is 0.229 e. The summed E-state index contributed by atoms with van der Waals surface area (Å²) in [5, 5.41) is 3.06. The molecule has 0 aromatic heterocycles. The Balaban J connectivity index is 1.74. The Morgan fingerprint density at radius 2 is 1.93 bits per heavy atom. The number of para-hydroxylation sites is 1. The molecule has 0 spiro atoms. The summed E-state index contributed by atoms with van der Waals surface area (Å²) in [6, 6.07) is 13.9. The molecule has 3 rings (SSSR count). The van der Waals surface area contributed by atoms with Gasteiger partial charge < -0.3 is 10.2 Å². The van der Waals surface area contributed by atoms with Gasteiger partial charge in [0.15, 0.2) is 0 Å². The quantitative estimate of drug-likeness (QED) is 0.828. The highest BCUT2D eigenvalue weighted by Gasteiger charge is 2.35. The van der Waals surface area contributed by atoms with Crippen molar-refractivity contribution >= 4 is 23.2 Å². The van der Waals surface area contributed by atoms with Gasteiger partial charge in [0.1, 0.15) is 0 Å². The van der Waals surface area contributed by atoms with Crippen molar-refractivity contribution in [2.45, 2.75) is 46.5 Å². The second-order valence-electron chi connectivity index (χ2n) is 7.56. The van der Waals surface area contributed by atoms with E-state index in [9.17, 15) is 9.59 Å². The molecule has 2 unspecified atom stereocenters. The van der Waals surface area contributed by atoms with Gasteiger partial charge in [-0.25, -0.2) is 0 Å². The third-order valence-electron chi connectivity index (χ3n) is 5.66. The average Bonchev–Trinajstić information content (AvgIpc) is 3.05. The minimum absolute atomic E-state index is 0.00798. The number of amides is 2. The molecule has 27 heavy (non-hydrogen) atoms. The number of carbonyl (C=O) groups excluding carboxylic acids is 2. The van der Waals surface area contributed by atoms with Crippen LogP contribution in [0.2, 0.25) is 0 Å². The van der Waals surface area contributed by atoms with E-state index in [0.717, 1.165) is 28.9 Å². The van der Waals surface area contributed by atoms with E-state index in [1.54, 1.807) is 4.90 Å². The van der Waals surface area contributed by atoms with Crippen LogP contribution in [0.15, 0.2) is 42.5 Å². The fourth-order valence-electron chi connectivity index (χ4n) is 3.52. The summed E-state index contributed by atoms with van der Waals surface area (Å²) in [5.74, 6) is -0.0260. The Labute approximate surface area is 161 Å². The molecule has 1 heterocycles. The molecule has 2 aromatic carbocycles. The summed E-state index contributed by atoms with van der Waals surface area (Å²) in [5.41, 5.74) is 5.22. The van der Waals surface area contributed by atoms with Crippen LogP contribution in [0.5, 0.6) is 0 Å². The van der Waals surface area contributed by atoms with Crippen molar-refractivity contribution in [2.75, 3.05) is 16.8 Å². The van der Waals surface area contributed by atoms with Crippen LogP contribution in [0.25, 0.3) is 0 Å². The van der Waals surface area contributed by atoms with Crippen molar-refractivity contribution in [2.24, 2.45) is 5.92 Å². The van der Waals surface area contributed by atoms with Crippen molar-refractivity contribution in [3.63, 3.8) is 0 Å². The van der Waals surface area contributed by atoms with Crippen LogP contribution >= 0.6 is 0 Å². The second-order valence-corrected chi connectivity index (χ2v) is 7.56. The van der Waals surface area contributed by atoms with Gasteiger partial charge in [-0.1, -0.05) is 38.1 Å². The van der Waals surface area contributed by atoms with Gasteiger partial charge in [-0.2, -0.15) is 0 Å². The monoisotopic (exact) mass is 364 g/mol. The standard InChI is InChI=1S/C23H28N2O2/c1-5-15(2)20-8-6-7-9-21(20)24-23(27)18-13-22(26)25(14-18)19-11-10-16(3)17(4)12-19/h6-12,15,18H,5,13-14H2,1-4H3,(H,24,27). The number of nitrogens with one attached hydrogen (secondary N) is 1. The Hall–Kier alpha value is -2.62. The van der Waals surface area contributed by atoms with Crippen LogP contribution in [0.1, 0.15) is 49.3 Å². The number of rotatable bonds is 5. The van der Waals surface area contributed by atoms with Crippen molar-refractivity contribution in [1.82, 2.24) is 0 Å². The Morgan fingerprint density at radius 1 is 1.19 bits per heavy atom. The van der Waals surface area contributed by atoms with Gasteiger partial charge in [0.2, 0.25) is 11.8 Å². The lowest BCUT2D eigenvalue weighted by Crippen LogP contribution is -2.28. The fraction of sp³-hybridized carbons (Fsp3) is 0.391. The highest BCUT2D eigenvalue weighted by Crippen LogP contribution is 2.30. The van der Waals surface area contributed by atoms with Gasteiger partial charge in [0.05, 0.1) is 5.92 Å². The largest absolute Gasteiger partial charge is 0.326 e. The van der Waals surface area contributed by atoms with Crippen molar-refractivity contribution in [3.8, 4) is 0 Å². The van der Waals surface area contributed by atoms with Crippen molar-refractivity contribution < 1.29 is 9.59 Å². The van der Waals surface area contributed by atoms with E-state index in [0.29, 0.717) is 12.5 Å². The van der Waals surface area contributed by atoms with Gasteiger partial charge in [-0.15, -0.1) is 0 Å². The summed E-state index contributed by atoms with van der Waals surface area (Å²) >= 11 is 0. The summed E-state index contributed by atoms with van der Waals surface area (Å²) < 4.78 is 0. The van der Waals surface area contributed by atoms with Crippen LogP contribution in [0.4, 0.5) is 11.4 Å². The number of benzene rings is 2. The zero-order valence-corrected chi connectivity index (χ0v) is 16.6. The lowest BCUT2D eigenvalue weighted by molar-refractivity contribution is -0.122. The molecule has 1 aliphatic heterocycles. The van der Waals surface area contributed by atoms with Crippen LogP contribution in [-0.2, 0) is 9.59 Å². The highest BCUT2D eigenvalue weighted by atomic mass is 16.2. The van der Waals surface area contributed by atoms with E-state index < -0.39 is 0 Å². The number of anilines is 2. The summed E-state index contributed by atoms with van der Waals surface area (Å²) in [7, 11) is 0. The van der Waals surface area contributed by atoms with Gasteiger partial charge in [0, 0.05) is 24.3 Å². The van der Waals surface area contributed by atoms with Crippen molar-refractivity contribution in [3.05, 3.63) is 59.2 Å². The Bertz CT molecular complexity index is 859. The first-order chi connectivity index (χ1) is 12.9. The molecule has 0 aliphatic carbocycles. The zero-order valence-electron chi connectivity index (χ0n) is 16.6. The van der Waals surface area contributed by atoms with Crippen LogP contribution < -0.4 is 10.2 Å². The summed E-state index contributed by atoms with van der Waals surface area (Å²) in [6.45, 7) is 8.82. The summed E-state index contributed by atoms with van der Waals surface area (Å²) in [6.07, 6.45) is 1.26. The van der Waals surface area contributed by atoms with Gasteiger partial charge in [-0.05, 0) is 61.1 Å². The van der Waals surface area contributed by atoms with Crippen LogP contribution in [0, 0.1) is 19.8 Å². The minimum atomic E-state index is -0.330. The third kappa shape index (κ3) is 4.05. The van der Waals surface area contributed by atoms with E-state index >= 15 is 0 Å². The normalized spacial score (nSPS) is 17.9. The molecule has 2 atom stereocenters. The topological polar surface area (TPSA) is 49.4 Å². The van der Waals surface area contributed by atoms with Gasteiger partial charge >= 0.3 is 0 Å². The zero-order chi connectivity index (χ0) is 19.6. The maximum Gasteiger partial charge on any atom is 0.229 e. The molecule has 1 fully saturated rings. The number of nitrogens with zero attached hydrogens (tertiary/aromatic N) is 1. The number of hydrogen-bond acceptors (Lipinski definition) is 2. The molecule has 142 valence electrons. The molecule has 2 aromatic rings. The van der Waals surface area contributed by atoms with Crippen LogP contribution in [-0.4, -0.2) is 18.4 Å². The molecule has 0 radical (unpaired) electrons. The Kier molecular flexibility index (Phi) is 5.64. The van der Waals surface area contributed by atoms with E-state index in [4.69, 9.17) is 0 Å². The molecule has 2 amide bonds. The maximum absolute atomic E-state index is 12.8. The van der Waals surface area contributed by atoms with E-state index in [-0.39, 0.29) is 24.2 Å². The maximum atomic E-state index is 12.8. The van der Waals surface area contributed by atoms with Gasteiger partial charge in [-0.3, -0.25) is 9.59 Å². The van der Waals surface area contributed by atoms with E-state index in [1.807, 2.05) is 43.3 Å². The van der Waals surface area contributed by atoms with E-state index in [2.05, 4.69) is 32.2 Å². The molecular formula is C23H28N2O2. The highest BCUT2D eigenvalue weighted by molar-refractivity contribution is 6.03. The fourth-order valence-corrected chi connectivity index (χ4v) is 3.52. The predicted molar refractivity (Wildman–Crippen MR) is 110 cm³/mol. The predicted octanol–water partition coefficient (Wildman–Crippen LogP) is 4.81. The minimum Gasteiger partial charge on any atom is -0.326 e. The molecule has 1 saturated heterocycles. The molecule has 0 saturated carbocycles. The summed E-state index contributed by atoms with van der Waals surface area (Å²) in [4.78, 5) is 27.1. The second kappa shape index (κ2) is 7.95. The number of carbonyl (C=O) groups is 2. The number of aryl methyl sites for hydroxylation is 2. The van der Waals surface area contributed by atoms with Gasteiger partial charge in [0.25, 0.3) is 0 Å². The first-order valence-electron chi connectivity index (χ1n) is 9.68. The first-order valence-corrected chi connectivity index (χ1v) is 9.68.